The van der Waals surface area contributed by atoms with Crippen LogP contribution in [0, 0.1) is 0 Å². The van der Waals surface area contributed by atoms with Crippen molar-refractivity contribution in [2.45, 2.75) is 0 Å². The number of hydrogen-bond donors (Lipinski definition) is 1. The van der Waals surface area contributed by atoms with E-state index in [9.17, 15) is 0 Å². The largest absolute Gasteiger partial charge is 0.355 e. The lowest BCUT2D eigenvalue weighted by Crippen LogP contribution is -1.62. The maximum Gasteiger partial charge on any atom is 0.0623 e. The lowest BCUT2D eigenvalue weighted by Gasteiger charge is -1.87. The molecule has 0 atom stereocenters. The van der Waals surface area contributed by atoms with Crippen LogP contribution in [0.1, 0.15) is 2.74 Å². The van der Waals surface area contributed by atoms with Crippen molar-refractivity contribution in [3.05, 3.63) is 48.5 Å². The molecule has 0 unspecified atom stereocenters. The standard InChI is InChI=1S/C12H9N/c1-3-7-11-9(5-1)10-6-2-4-8-12(10)13-11/h1-8,13H/i1D,2D. The highest BCUT2D eigenvalue weighted by molar-refractivity contribution is 6.06. The SMILES string of the molecule is [2H]c1ccc2[nH]c3ccc([2H])cc3c2c1. The summed E-state index contributed by atoms with van der Waals surface area (Å²) in [5, 5.41) is 2.04. The molecule has 0 bridgehead atoms. The van der Waals surface area contributed by atoms with E-state index in [4.69, 9.17) is 2.74 Å². The first-order chi connectivity index (χ1) is 7.24. The topological polar surface area (TPSA) is 15.8 Å². The molecule has 0 aliphatic carbocycles. The van der Waals surface area contributed by atoms with E-state index in [0.717, 1.165) is 21.8 Å². The van der Waals surface area contributed by atoms with Gasteiger partial charge >= 0.3 is 0 Å². The van der Waals surface area contributed by atoms with Crippen LogP contribution in [0.3, 0.4) is 0 Å². The van der Waals surface area contributed by atoms with Crippen LogP contribution in [-0.2, 0) is 0 Å². The van der Waals surface area contributed by atoms with Gasteiger partial charge in [0.25, 0.3) is 0 Å². The van der Waals surface area contributed by atoms with Gasteiger partial charge in [0.15, 0.2) is 0 Å². The first-order valence-electron chi connectivity index (χ1n) is 5.23. The van der Waals surface area contributed by atoms with Crippen LogP contribution < -0.4 is 0 Å². The third kappa shape index (κ3) is 0.872. The van der Waals surface area contributed by atoms with Crippen LogP contribution in [0.15, 0.2) is 48.5 Å². The van der Waals surface area contributed by atoms with Gasteiger partial charge in [-0.1, -0.05) is 36.4 Å². The summed E-state index contributed by atoms with van der Waals surface area (Å²) in [7, 11) is 0. The quantitative estimate of drug-likeness (QED) is 0.531. The fourth-order valence-corrected chi connectivity index (χ4v) is 1.67. The number of para-hydroxylation sites is 2. The number of rotatable bonds is 0. The maximum absolute atomic E-state index is 7.58. The van der Waals surface area contributed by atoms with Crippen molar-refractivity contribution in [2.24, 2.45) is 0 Å². The Labute approximate surface area is 78.8 Å². The Morgan fingerprint density at radius 2 is 1.38 bits per heavy atom. The molecule has 1 heterocycles. The Morgan fingerprint density at radius 1 is 0.846 bits per heavy atom. The predicted octanol–water partition coefficient (Wildman–Crippen LogP) is 3.32. The van der Waals surface area contributed by atoms with Crippen molar-refractivity contribution in [3.63, 3.8) is 0 Å². The Balaban J connectivity index is 2.55. The van der Waals surface area contributed by atoms with Gasteiger partial charge in [0, 0.05) is 21.8 Å². The Morgan fingerprint density at radius 3 is 1.92 bits per heavy atom. The molecule has 0 fully saturated rings. The van der Waals surface area contributed by atoms with Crippen molar-refractivity contribution in [1.29, 1.82) is 0 Å². The van der Waals surface area contributed by atoms with Crippen LogP contribution in [0.4, 0.5) is 0 Å². The third-order valence-electron chi connectivity index (χ3n) is 2.29. The third-order valence-corrected chi connectivity index (χ3v) is 2.29. The molecule has 3 aromatic rings. The zero-order chi connectivity index (χ0) is 10.4. The van der Waals surface area contributed by atoms with Crippen molar-refractivity contribution in [1.82, 2.24) is 4.98 Å². The summed E-state index contributed by atoms with van der Waals surface area (Å²) in [4.78, 5) is 3.27. The van der Waals surface area contributed by atoms with E-state index in [1.54, 1.807) is 12.1 Å². The Hall–Kier alpha value is -1.76. The number of H-pyrrole nitrogens is 1. The van der Waals surface area contributed by atoms with Gasteiger partial charge in [0.2, 0.25) is 0 Å². The van der Waals surface area contributed by atoms with Crippen molar-refractivity contribution >= 4 is 21.8 Å². The molecule has 62 valence electrons. The first kappa shape index (κ1) is 5.07. The minimum atomic E-state index is 0.499. The molecular formula is C12H9N. The summed E-state index contributed by atoms with van der Waals surface area (Å²) >= 11 is 0. The minimum Gasteiger partial charge on any atom is -0.355 e. The second kappa shape index (κ2) is 2.36. The van der Waals surface area contributed by atoms with Crippen LogP contribution in [0.2, 0.25) is 0 Å². The lowest BCUT2D eigenvalue weighted by molar-refractivity contribution is 1.55. The minimum absolute atomic E-state index is 0.499. The number of aromatic nitrogens is 1. The van der Waals surface area contributed by atoms with E-state index < -0.39 is 0 Å². The Kier molecular flexibility index (Phi) is 0.922. The van der Waals surface area contributed by atoms with E-state index in [1.165, 1.54) is 0 Å². The number of hydrogen-bond acceptors (Lipinski definition) is 0. The lowest BCUT2D eigenvalue weighted by atomic mass is 10.2. The second-order valence-electron chi connectivity index (χ2n) is 3.07. The molecule has 1 N–H and O–H groups in total. The normalized spacial score (nSPS) is 13.2. The number of fused-ring (bicyclic) bond motifs is 3. The van der Waals surface area contributed by atoms with Crippen molar-refractivity contribution in [2.75, 3.05) is 0 Å². The average molecular weight is 169 g/mol. The molecule has 0 spiro atoms. The molecule has 0 aliphatic heterocycles. The molecule has 3 rings (SSSR count). The van der Waals surface area contributed by atoms with Gasteiger partial charge in [0.1, 0.15) is 0 Å². The molecule has 0 aliphatic rings. The van der Waals surface area contributed by atoms with Crippen LogP contribution in [0.25, 0.3) is 21.8 Å². The van der Waals surface area contributed by atoms with Gasteiger partial charge in [-0.25, -0.2) is 0 Å². The van der Waals surface area contributed by atoms with Gasteiger partial charge in [-0.2, -0.15) is 0 Å². The first-order valence-corrected chi connectivity index (χ1v) is 4.23. The van der Waals surface area contributed by atoms with E-state index in [-0.39, 0.29) is 0 Å². The summed E-state index contributed by atoms with van der Waals surface area (Å²) in [5.74, 6) is 0. The van der Waals surface area contributed by atoms with E-state index in [2.05, 4.69) is 4.98 Å². The zero-order valence-corrected chi connectivity index (χ0v) is 6.96. The summed E-state index contributed by atoms with van der Waals surface area (Å²) in [5.41, 5.74) is 2.04. The van der Waals surface area contributed by atoms with Gasteiger partial charge < -0.3 is 4.98 Å². The highest BCUT2D eigenvalue weighted by Gasteiger charge is 2.00. The van der Waals surface area contributed by atoms with E-state index in [0.29, 0.717) is 12.1 Å². The highest BCUT2D eigenvalue weighted by atomic mass is 14.7. The molecule has 13 heavy (non-hydrogen) atoms. The molecule has 0 saturated carbocycles. The zero-order valence-electron chi connectivity index (χ0n) is 8.96. The maximum atomic E-state index is 7.58. The molecule has 1 nitrogen and oxygen atoms in total. The molecular weight excluding hydrogens is 158 g/mol. The van der Waals surface area contributed by atoms with E-state index >= 15 is 0 Å². The molecule has 0 saturated heterocycles. The molecule has 0 radical (unpaired) electrons. The monoisotopic (exact) mass is 169 g/mol. The van der Waals surface area contributed by atoms with Crippen LogP contribution in [-0.4, -0.2) is 4.98 Å². The van der Waals surface area contributed by atoms with Gasteiger partial charge in [-0.15, -0.1) is 0 Å². The fourth-order valence-electron chi connectivity index (χ4n) is 1.67. The number of aromatic amines is 1. The van der Waals surface area contributed by atoms with Crippen LogP contribution >= 0.6 is 0 Å². The van der Waals surface area contributed by atoms with Gasteiger partial charge in [-0.05, 0) is 12.1 Å². The van der Waals surface area contributed by atoms with Gasteiger partial charge in [-0.3, -0.25) is 0 Å². The summed E-state index contributed by atoms with van der Waals surface area (Å²) in [6.07, 6.45) is 0. The molecule has 1 aromatic heterocycles. The number of benzene rings is 2. The summed E-state index contributed by atoms with van der Waals surface area (Å²) in [6, 6.07) is 12.0. The van der Waals surface area contributed by atoms with Crippen molar-refractivity contribution in [3.8, 4) is 0 Å². The second-order valence-corrected chi connectivity index (χ2v) is 3.07. The molecule has 0 amide bonds. The van der Waals surface area contributed by atoms with Crippen LogP contribution in [0.5, 0.6) is 0 Å². The fraction of sp³-hybridized carbons (Fsp3) is 0. The summed E-state index contributed by atoms with van der Waals surface area (Å²) < 4.78 is 15.2. The molecule has 1 heteroatoms. The number of nitrogens with one attached hydrogen (secondary N) is 1. The highest BCUT2D eigenvalue weighted by Crippen LogP contribution is 2.24. The predicted molar refractivity (Wildman–Crippen MR) is 55.8 cm³/mol. The Bertz CT molecular complexity index is 599. The van der Waals surface area contributed by atoms with Gasteiger partial charge in [0.05, 0.1) is 2.74 Å². The smallest absolute Gasteiger partial charge is 0.0623 e. The average Bonchev–Trinajstić information content (AvgIpc) is 2.56. The molecule has 2 aromatic carbocycles. The van der Waals surface area contributed by atoms with E-state index in [1.807, 2.05) is 24.3 Å². The van der Waals surface area contributed by atoms with Crippen molar-refractivity contribution < 1.29 is 2.74 Å². The summed E-state index contributed by atoms with van der Waals surface area (Å²) in [6.45, 7) is 0.